The predicted molar refractivity (Wildman–Crippen MR) is 102 cm³/mol. The number of carbonyl (C=O) groups excluding carboxylic acids is 1. The van der Waals surface area contributed by atoms with Crippen LogP contribution in [0.25, 0.3) is 0 Å². The number of hydrogen-bond acceptors (Lipinski definition) is 5. The number of para-hydroxylation sites is 1. The second-order valence-electron chi connectivity index (χ2n) is 5.24. The van der Waals surface area contributed by atoms with E-state index in [9.17, 15) is 9.90 Å². The zero-order valence-corrected chi connectivity index (χ0v) is 15.6. The third-order valence-electron chi connectivity index (χ3n) is 3.35. The average molecular weight is 406 g/mol. The third-order valence-corrected chi connectivity index (χ3v) is 3.80. The lowest BCUT2D eigenvalue weighted by molar-refractivity contribution is -0.119. The van der Waals surface area contributed by atoms with Crippen LogP contribution in [0.15, 0.2) is 46.0 Å². The highest BCUT2D eigenvalue weighted by Gasteiger charge is 2.09. The lowest BCUT2D eigenvalue weighted by Crippen LogP contribution is -2.26. The van der Waals surface area contributed by atoms with Gasteiger partial charge >= 0.3 is 0 Å². The molecular weight excluding hydrogens is 386 g/mol. The summed E-state index contributed by atoms with van der Waals surface area (Å²) in [6, 6.07) is 11.0. The van der Waals surface area contributed by atoms with Crippen LogP contribution in [-0.2, 0) is 4.79 Å². The predicted octanol–water partition coefficient (Wildman–Crippen LogP) is 3.42. The number of phenolic OH excluding ortho intramolecular Hbond substituents is 1. The standard InChI is InChI=1S/C18H20BrN3O3/c1-3-25-16-9-14(19)8-13(18(16)24)10-21-22-17(23)11-20-15-7-5-4-6-12(15)2/h4-10,20,24H,3,11H2,1-2H3,(H,22,23)/b21-10-. The van der Waals surface area contributed by atoms with Crippen LogP contribution >= 0.6 is 15.9 Å². The van der Waals surface area contributed by atoms with Crippen molar-refractivity contribution in [3.63, 3.8) is 0 Å². The van der Waals surface area contributed by atoms with E-state index in [1.54, 1.807) is 12.1 Å². The molecule has 0 saturated heterocycles. The maximum Gasteiger partial charge on any atom is 0.259 e. The van der Waals surface area contributed by atoms with Crippen LogP contribution in [0.5, 0.6) is 11.5 Å². The molecule has 0 aromatic heterocycles. The van der Waals surface area contributed by atoms with E-state index in [1.807, 2.05) is 38.1 Å². The number of rotatable bonds is 7. The van der Waals surface area contributed by atoms with Crippen molar-refractivity contribution in [1.82, 2.24) is 5.43 Å². The highest BCUT2D eigenvalue weighted by atomic mass is 79.9. The average Bonchev–Trinajstić information content (AvgIpc) is 2.58. The van der Waals surface area contributed by atoms with E-state index >= 15 is 0 Å². The number of benzene rings is 2. The van der Waals surface area contributed by atoms with Crippen LogP contribution in [0.2, 0.25) is 0 Å². The zero-order chi connectivity index (χ0) is 18.2. The monoisotopic (exact) mass is 405 g/mol. The highest BCUT2D eigenvalue weighted by molar-refractivity contribution is 9.10. The Labute approximate surface area is 155 Å². The Hall–Kier alpha value is -2.54. The molecule has 0 spiro atoms. The van der Waals surface area contributed by atoms with Gasteiger partial charge < -0.3 is 15.2 Å². The molecule has 0 radical (unpaired) electrons. The summed E-state index contributed by atoms with van der Waals surface area (Å²) in [5.41, 5.74) is 4.81. The molecule has 2 rings (SSSR count). The fourth-order valence-corrected chi connectivity index (χ4v) is 2.57. The molecule has 1 amide bonds. The quantitative estimate of drug-likeness (QED) is 0.486. The van der Waals surface area contributed by atoms with Gasteiger partial charge in [0, 0.05) is 15.7 Å². The number of hydrazone groups is 1. The number of aryl methyl sites for hydroxylation is 1. The first-order valence-electron chi connectivity index (χ1n) is 7.78. The number of ether oxygens (including phenoxy) is 1. The van der Waals surface area contributed by atoms with E-state index in [4.69, 9.17) is 4.74 Å². The van der Waals surface area contributed by atoms with Crippen molar-refractivity contribution < 1.29 is 14.6 Å². The van der Waals surface area contributed by atoms with Gasteiger partial charge in [0.15, 0.2) is 11.5 Å². The number of hydrogen-bond donors (Lipinski definition) is 3. The maximum atomic E-state index is 11.9. The molecule has 0 aliphatic heterocycles. The molecule has 0 unspecified atom stereocenters. The number of carbonyl (C=O) groups is 1. The van der Waals surface area contributed by atoms with Crippen LogP contribution in [-0.4, -0.2) is 30.4 Å². The minimum absolute atomic E-state index is 0.0268. The van der Waals surface area contributed by atoms with E-state index in [0.717, 1.165) is 15.7 Å². The van der Waals surface area contributed by atoms with Crippen LogP contribution in [0.1, 0.15) is 18.1 Å². The second-order valence-corrected chi connectivity index (χ2v) is 6.15. The van der Waals surface area contributed by atoms with Crippen molar-refractivity contribution in [3.05, 3.63) is 52.0 Å². The van der Waals surface area contributed by atoms with E-state index in [0.29, 0.717) is 17.9 Å². The van der Waals surface area contributed by atoms with Crippen LogP contribution in [0.4, 0.5) is 5.69 Å². The third kappa shape index (κ3) is 5.49. The Morgan fingerprint density at radius 1 is 1.36 bits per heavy atom. The summed E-state index contributed by atoms with van der Waals surface area (Å²) < 4.78 is 6.08. The molecule has 0 atom stereocenters. The Morgan fingerprint density at radius 3 is 2.84 bits per heavy atom. The van der Waals surface area contributed by atoms with E-state index in [-0.39, 0.29) is 18.2 Å². The molecular formula is C18H20BrN3O3. The summed E-state index contributed by atoms with van der Waals surface area (Å²) in [7, 11) is 0. The first-order chi connectivity index (χ1) is 12.0. The van der Waals surface area contributed by atoms with Crippen molar-refractivity contribution in [3.8, 4) is 11.5 Å². The number of amides is 1. The Balaban J connectivity index is 1.94. The van der Waals surface area contributed by atoms with E-state index in [2.05, 4.69) is 31.8 Å². The SMILES string of the molecule is CCOc1cc(Br)cc(/C=N\NC(=O)CNc2ccccc2C)c1O. The van der Waals surface area contributed by atoms with Gasteiger partial charge in [-0.15, -0.1) is 0 Å². The summed E-state index contributed by atoms with van der Waals surface area (Å²) in [5.74, 6) is 0.0333. The lowest BCUT2D eigenvalue weighted by Gasteiger charge is -2.09. The molecule has 0 heterocycles. The normalized spacial score (nSPS) is 10.7. The summed E-state index contributed by atoms with van der Waals surface area (Å²) >= 11 is 3.35. The molecule has 3 N–H and O–H groups in total. The molecule has 2 aromatic rings. The fraction of sp³-hybridized carbons (Fsp3) is 0.222. The van der Waals surface area contributed by atoms with Crippen LogP contribution < -0.4 is 15.5 Å². The van der Waals surface area contributed by atoms with Crippen LogP contribution in [0.3, 0.4) is 0 Å². The molecule has 6 nitrogen and oxygen atoms in total. The molecule has 25 heavy (non-hydrogen) atoms. The van der Waals surface area contributed by atoms with Gasteiger partial charge in [-0.25, -0.2) is 5.43 Å². The number of nitrogens with one attached hydrogen (secondary N) is 2. The van der Waals surface area contributed by atoms with Gasteiger partial charge in [-0.3, -0.25) is 4.79 Å². The molecule has 7 heteroatoms. The number of aromatic hydroxyl groups is 1. The maximum absolute atomic E-state index is 11.9. The van der Waals surface area contributed by atoms with Crippen LogP contribution in [0, 0.1) is 6.92 Å². The number of nitrogens with zero attached hydrogens (tertiary/aromatic N) is 1. The smallest absolute Gasteiger partial charge is 0.259 e. The molecule has 132 valence electrons. The Kier molecular flexibility index (Phi) is 6.82. The minimum atomic E-state index is -0.293. The molecule has 0 bridgehead atoms. The van der Waals surface area contributed by atoms with Crippen molar-refractivity contribution >= 4 is 33.7 Å². The Morgan fingerprint density at radius 2 is 2.12 bits per heavy atom. The lowest BCUT2D eigenvalue weighted by atomic mass is 10.2. The van der Waals surface area contributed by atoms with Gasteiger partial charge in [-0.05, 0) is 37.6 Å². The topological polar surface area (TPSA) is 83.0 Å². The molecule has 0 aliphatic rings. The van der Waals surface area contributed by atoms with Crippen molar-refractivity contribution in [2.75, 3.05) is 18.5 Å². The number of phenols is 1. The van der Waals surface area contributed by atoms with Gasteiger partial charge in [-0.1, -0.05) is 34.1 Å². The van der Waals surface area contributed by atoms with Crippen molar-refractivity contribution in [2.45, 2.75) is 13.8 Å². The summed E-state index contributed by atoms with van der Waals surface area (Å²) in [6.45, 7) is 4.32. The van der Waals surface area contributed by atoms with E-state index < -0.39 is 0 Å². The molecule has 0 aliphatic carbocycles. The van der Waals surface area contributed by atoms with Gasteiger partial charge in [0.2, 0.25) is 0 Å². The van der Waals surface area contributed by atoms with E-state index in [1.165, 1.54) is 6.21 Å². The summed E-state index contributed by atoms with van der Waals surface area (Å²) in [5, 5.41) is 17.1. The van der Waals surface area contributed by atoms with Gasteiger partial charge in [0.25, 0.3) is 5.91 Å². The largest absolute Gasteiger partial charge is 0.504 e. The molecule has 2 aromatic carbocycles. The number of halogens is 1. The second kappa shape index (κ2) is 9.08. The van der Waals surface area contributed by atoms with Gasteiger partial charge in [0.1, 0.15) is 0 Å². The molecule has 0 fully saturated rings. The first kappa shape index (κ1) is 18.8. The molecule has 0 saturated carbocycles. The summed E-state index contributed by atoms with van der Waals surface area (Å²) in [6.07, 6.45) is 1.37. The Bertz CT molecular complexity index is 778. The summed E-state index contributed by atoms with van der Waals surface area (Å²) in [4.78, 5) is 11.9. The zero-order valence-electron chi connectivity index (χ0n) is 14.0. The fourth-order valence-electron chi connectivity index (χ4n) is 2.12. The van der Waals surface area contributed by atoms with Crippen molar-refractivity contribution in [2.24, 2.45) is 5.10 Å². The number of anilines is 1. The van der Waals surface area contributed by atoms with Gasteiger partial charge in [0.05, 0.1) is 19.4 Å². The first-order valence-corrected chi connectivity index (χ1v) is 8.57. The highest BCUT2D eigenvalue weighted by Crippen LogP contribution is 2.32. The van der Waals surface area contributed by atoms with Crippen molar-refractivity contribution in [1.29, 1.82) is 0 Å². The van der Waals surface area contributed by atoms with Gasteiger partial charge in [-0.2, -0.15) is 5.10 Å². The minimum Gasteiger partial charge on any atom is -0.504 e.